The number of carboxylic acid groups (broad SMARTS) is 1. The monoisotopic (exact) mass is 251 g/mol. The Hall–Kier alpha value is -1.58. The molecule has 98 valence electrons. The summed E-state index contributed by atoms with van der Waals surface area (Å²) in [5.41, 5.74) is 0.508. The molecule has 1 aliphatic rings. The van der Waals surface area contributed by atoms with Gasteiger partial charge in [0.05, 0.1) is 11.3 Å². The van der Waals surface area contributed by atoms with Gasteiger partial charge in [0.1, 0.15) is 5.82 Å². The van der Waals surface area contributed by atoms with E-state index in [0.29, 0.717) is 17.6 Å². The van der Waals surface area contributed by atoms with Gasteiger partial charge in [-0.2, -0.15) is 0 Å². The number of nitrogens with zero attached hydrogens (tertiary/aromatic N) is 1. The molecular formula is C14H18FNO2. The van der Waals surface area contributed by atoms with Gasteiger partial charge in [-0.05, 0) is 43.9 Å². The first-order valence-corrected chi connectivity index (χ1v) is 6.28. The number of anilines is 1. The van der Waals surface area contributed by atoms with Crippen molar-refractivity contribution in [3.8, 4) is 0 Å². The summed E-state index contributed by atoms with van der Waals surface area (Å²) >= 11 is 0. The summed E-state index contributed by atoms with van der Waals surface area (Å²) in [6.45, 7) is 5.11. The van der Waals surface area contributed by atoms with Crippen molar-refractivity contribution in [3.63, 3.8) is 0 Å². The lowest BCUT2D eigenvalue weighted by molar-refractivity contribution is 0.0696. The Kier molecular flexibility index (Phi) is 3.55. The quantitative estimate of drug-likeness (QED) is 0.877. The first kappa shape index (κ1) is 12.9. The van der Waals surface area contributed by atoms with Crippen molar-refractivity contribution in [2.45, 2.75) is 32.7 Å². The highest BCUT2D eigenvalue weighted by molar-refractivity contribution is 5.88. The summed E-state index contributed by atoms with van der Waals surface area (Å²) in [6.07, 6.45) is 2.09. The minimum absolute atomic E-state index is 0.00530. The summed E-state index contributed by atoms with van der Waals surface area (Å²) in [6, 6.07) is 4.43. The molecule has 0 spiro atoms. The second kappa shape index (κ2) is 4.96. The van der Waals surface area contributed by atoms with E-state index < -0.39 is 11.8 Å². The molecule has 1 fully saturated rings. The Morgan fingerprint density at radius 3 is 2.72 bits per heavy atom. The molecule has 0 amide bonds. The van der Waals surface area contributed by atoms with E-state index in [9.17, 15) is 9.18 Å². The molecule has 2 unspecified atom stereocenters. The van der Waals surface area contributed by atoms with Crippen molar-refractivity contribution in [3.05, 3.63) is 29.6 Å². The van der Waals surface area contributed by atoms with E-state index in [1.165, 1.54) is 6.07 Å². The molecule has 1 saturated heterocycles. The van der Waals surface area contributed by atoms with Crippen LogP contribution >= 0.6 is 0 Å². The van der Waals surface area contributed by atoms with Crippen LogP contribution in [0.5, 0.6) is 0 Å². The fraction of sp³-hybridized carbons (Fsp3) is 0.500. The number of hydrogen-bond donors (Lipinski definition) is 1. The van der Waals surface area contributed by atoms with Crippen LogP contribution in [0.25, 0.3) is 0 Å². The molecule has 3 nitrogen and oxygen atoms in total. The van der Waals surface area contributed by atoms with E-state index in [1.54, 1.807) is 6.07 Å². The van der Waals surface area contributed by atoms with E-state index >= 15 is 0 Å². The number of rotatable bonds is 2. The average molecular weight is 251 g/mol. The maximum absolute atomic E-state index is 14.0. The van der Waals surface area contributed by atoms with Gasteiger partial charge in [-0.15, -0.1) is 0 Å². The number of benzene rings is 1. The molecule has 4 heteroatoms. The van der Waals surface area contributed by atoms with Crippen LogP contribution in [0.3, 0.4) is 0 Å². The maximum Gasteiger partial charge on any atom is 0.335 e. The second-order valence-electron chi connectivity index (χ2n) is 5.14. The Bertz CT molecular complexity index is 461. The van der Waals surface area contributed by atoms with Crippen LogP contribution in [-0.4, -0.2) is 23.7 Å². The number of carboxylic acids is 1. The molecule has 1 N–H and O–H groups in total. The van der Waals surface area contributed by atoms with Crippen molar-refractivity contribution in [2.75, 3.05) is 11.4 Å². The van der Waals surface area contributed by atoms with Crippen molar-refractivity contribution in [1.82, 2.24) is 0 Å². The molecule has 0 radical (unpaired) electrons. The van der Waals surface area contributed by atoms with E-state index in [1.807, 2.05) is 4.90 Å². The van der Waals surface area contributed by atoms with Crippen LogP contribution in [0.1, 0.15) is 37.0 Å². The zero-order valence-electron chi connectivity index (χ0n) is 10.7. The summed E-state index contributed by atoms with van der Waals surface area (Å²) in [5, 5.41) is 8.82. The molecule has 2 atom stereocenters. The van der Waals surface area contributed by atoms with E-state index in [-0.39, 0.29) is 5.56 Å². The van der Waals surface area contributed by atoms with Crippen molar-refractivity contribution in [2.24, 2.45) is 5.92 Å². The van der Waals surface area contributed by atoms with Crippen LogP contribution in [-0.2, 0) is 0 Å². The topological polar surface area (TPSA) is 40.5 Å². The molecule has 1 aromatic carbocycles. The van der Waals surface area contributed by atoms with Crippen molar-refractivity contribution < 1.29 is 14.3 Å². The highest BCUT2D eigenvalue weighted by Crippen LogP contribution is 2.29. The largest absolute Gasteiger partial charge is 0.478 e. The van der Waals surface area contributed by atoms with E-state index in [4.69, 9.17) is 5.11 Å². The zero-order chi connectivity index (χ0) is 13.3. The highest BCUT2D eigenvalue weighted by atomic mass is 19.1. The maximum atomic E-state index is 14.0. The lowest BCUT2D eigenvalue weighted by Crippen LogP contribution is -2.40. The van der Waals surface area contributed by atoms with Gasteiger partial charge in [-0.1, -0.05) is 6.92 Å². The van der Waals surface area contributed by atoms with Crippen LogP contribution in [0, 0.1) is 11.7 Å². The molecule has 0 aromatic heterocycles. The normalized spacial score (nSPS) is 24.1. The first-order valence-electron chi connectivity index (χ1n) is 6.28. The summed E-state index contributed by atoms with van der Waals surface area (Å²) in [5.74, 6) is -0.880. The highest BCUT2D eigenvalue weighted by Gasteiger charge is 2.25. The Labute approximate surface area is 106 Å². The average Bonchev–Trinajstić information content (AvgIpc) is 2.30. The standard InChI is InChI=1S/C14H18FNO2/c1-9-5-6-16(10(2)7-9)13-4-3-11(14(17)18)8-12(13)15/h3-4,8-10H,5-7H2,1-2H3,(H,17,18). The molecule has 1 aromatic rings. The number of piperidine rings is 1. The third kappa shape index (κ3) is 2.47. The third-order valence-corrected chi connectivity index (χ3v) is 3.64. The van der Waals surface area contributed by atoms with Gasteiger partial charge in [-0.25, -0.2) is 9.18 Å². The SMILES string of the molecule is CC1CCN(c2ccc(C(=O)O)cc2F)C(C)C1. The fourth-order valence-electron chi connectivity index (χ4n) is 2.64. The summed E-state index contributed by atoms with van der Waals surface area (Å²) < 4.78 is 14.0. The molecule has 0 aliphatic carbocycles. The molecule has 1 aliphatic heterocycles. The minimum atomic E-state index is -1.10. The molecule has 1 heterocycles. The van der Waals surface area contributed by atoms with Gasteiger partial charge < -0.3 is 10.0 Å². The van der Waals surface area contributed by atoms with Gasteiger partial charge >= 0.3 is 5.97 Å². The summed E-state index contributed by atoms with van der Waals surface area (Å²) in [4.78, 5) is 12.8. The van der Waals surface area contributed by atoms with Gasteiger partial charge in [0, 0.05) is 12.6 Å². The molecule has 18 heavy (non-hydrogen) atoms. The predicted molar refractivity (Wildman–Crippen MR) is 68.6 cm³/mol. The summed E-state index contributed by atoms with van der Waals surface area (Å²) in [7, 11) is 0. The number of carbonyl (C=O) groups is 1. The van der Waals surface area contributed by atoms with Gasteiger partial charge in [-0.3, -0.25) is 0 Å². The molecule has 0 saturated carbocycles. The van der Waals surface area contributed by atoms with Crippen molar-refractivity contribution >= 4 is 11.7 Å². The fourth-order valence-corrected chi connectivity index (χ4v) is 2.64. The lowest BCUT2D eigenvalue weighted by Gasteiger charge is -2.38. The minimum Gasteiger partial charge on any atom is -0.478 e. The zero-order valence-corrected chi connectivity index (χ0v) is 10.7. The molecular weight excluding hydrogens is 233 g/mol. The number of aromatic carboxylic acids is 1. The Morgan fingerprint density at radius 2 is 2.17 bits per heavy atom. The van der Waals surface area contributed by atoms with Crippen molar-refractivity contribution in [1.29, 1.82) is 0 Å². The second-order valence-corrected chi connectivity index (χ2v) is 5.14. The van der Waals surface area contributed by atoms with E-state index in [0.717, 1.165) is 25.5 Å². The lowest BCUT2D eigenvalue weighted by atomic mass is 9.93. The molecule has 2 rings (SSSR count). The van der Waals surface area contributed by atoms with Crippen LogP contribution in [0.2, 0.25) is 0 Å². The van der Waals surface area contributed by atoms with Crippen LogP contribution in [0.15, 0.2) is 18.2 Å². The number of hydrogen-bond acceptors (Lipinski definition) is 2. The smallest absolute Gasteiger partial charge is 0.335 e. The van der Waals surface area contributed by atoms with Gasteiger partial charge in [0.25, 0.3) is 0 Å². The Morgan fingerprint density at radius 1 is 1.44 bits per heavy atom. The van der Waals surface area contributed by atoms with Crippen LogP contribution in [0.4, 0.5) is 10.1 Å². The third-order valence-electron chi connectivity index (χ3n) is 3.64. The van der Waals surface area contributed by atoms with Gasteiger partial charge in [0.15, 0.2) is 0 Å². The van der Waals surface area contributed by atoms with Crippen LogP contribution < -0.4 is 4.90 Å². The number of halogens is 1. The van der Waals surface area contributed by atoms with E-state index in [2.05, 4.69) is 13.8 Å². The first-order chi connectivity index (χ1) is 8.49. The Balaban J connectivity index is 2.26. The molecule has 0 bridgehead atoms. The van der Waals surface area contributed by atoms with Gasteiger partial charge in [0.2, 0.25) is 0 Å². The predicted octanol–water partition coefficient (Wildman–Crippen LogP) is 3.15.